The second-order valence-corrected chi connectivity index (χ2v) is 6.67. The smallest absolute Gasteiger partial charge is 0.175 e. The third kappa shape index (κ3) is 2.60. The van der Waals surface area contributed by atoms with E-state index < -0.39 is 6.10 Å². The summed E-state index contributed by atoms with van der Waals surface area (Å²) >= 11 is 10.7. The van der Waals surface area contributed by atoms with Crippen LogP contribution in [-0.4, -0.2) is 18.3 Å². The van der Waals surface area contributed by atoms with Crippen LogP contribution in [0.2, 0.25) is 4.34 Å². The maximum Gasteiger partial charge on any atom is 0.175 e. The van der Waals surface area contributed by atoms with Crippen molar-refractivity contribution in [3.63, 3.8) is 0 Å². The lowest BCUT2D eigenvalue weighted by Crippen LogP contribution is -2.16. The minimum absolute atomic E-state index is 0.518. The molecule has 1 N–H and O–H groups in total. The summed E-state index contributed by atoms with van der Waals surface area (Å²) in [5.41, 5.74) is 0.745. The molecule has 0 bridgehead atoms. The molecular formula is C13H10BrClO3S. The molecule has 19 heavy (non-hydrogen) atoms. The van der Waals surface area contributed by atoms with E-state index in [9.17, 15) is 5.11 Å². The Morgan fingerprint density at radius 3 is 2.79 bits per heavy atom. The van der Waals surface area contributed by atoms with E-state index in [1.54, 1.807) is 12.1 Å². The number of halogens is 2. The number of benzene rings is 1. The highest BCUT2D eigenvalue weighted by molar-refractivity contribution is 9.10. The van der Waals surface area contributed by atoms with Crippen LogP contribution >= 0.6 is 38.9 Å². The van der Waals surface area contributed by atoms with Gasteiger partial charge in [-0.2, -0.15) is 0 Å². The highest BCUT2D eigenvalue weighted by atomic mass is 79.9. The van der Waals surface area contributed by atoms with Gasteiger partial charge in [0.25, 0.3) is 0 Å². The molecule has 1 unspecified atom stereocenters. The molecular weight excluding hydrogens is 352 g/mol. The highest BCUT2D eigenvalue weighted by Gasteiger charge is 2.20. The first-order chi connectivity index (χ1) is 9.15. The van der Waals surface area contributed by atoms with Gasteiger partial charge >= 0.3 is 0 Å². The number of rotatable bonds is 2. The van der Waals surface area contributed by atoms with Crippen LogP contribution in [-0.2, 0) is 0 Å². The van der Waals surface area contributed by atoms with E-state index in [-0.39, 0.29) is 0 Å². The molecule has 1 aromatic heterocycles. The Kier molecular flexibility index (Phi) is 3.71. The van der Waals surface area contributed by atoms with Gasteiger partial charge in [0.2, 0.25) is 0 Å². The van der Waals surface area contributed by atoms with Crippen LogP contribution in [0.4, 0.5) is 0 Å². The van der Waals surface area contributed by atoms with Crippen molar-refractivity contribution in [3.05, 3.63) is 43.5 Å². The molecule has 2 heterocycles. The lowest BCUT2D eigenvalue weighted by atomic mass is 10.1. The van der Waals surface area contributed by atoms with Gasteiger partial charge in [-0.25, -0.2) is 0 Å². The minimum atomic E-state index is -0.718. The number of aliphatic hydroxyl groups excluding tert-OH is 1. The van der Waals surface area contributed by atoms with Gasteiger partial charge in [-0.15, -0.1) is 11.3 Å². The van der Waals surface area contributed by atoms with Crippen molar-refractivity contribution in [1.82, 2.24) is 0 Å². The molecule has 1 aliphatic heterocycles. The zero-order valence-corrected chi connectivity index (χ0v) is 12.9. The van der Waals surface area contributed by atoms with E-state index in [0.29, 0.717) is 29.0 Å². The van der Waals surface area contributed by atoms with E-state index in [4.69, 9.17) is 21.1 Å². The van der Waals surface area contributed by atoms with Crippen LogP contribution in [0.3, 0.4) is 0 Å². The van der Waals surface area contributed by atoms with Crippen LogP contribution in [0.25, 0.3) is 0 Å². The van der Waals surface area contributed by atoms with E-state index in [1.165, 1.54) is 11.3 Å². The Hall–Kier alpha value is -0.750. The summed E-state index contributed by atoms with van der Waals surface area (Å²) in [6.45, 7) is 1.05. The second-order valence-electron chi connectivity index (χ2n) is 4.07. The summed E-state index contributed by atoms with van der Waals surface area (Å²) in [4.78, 5) is 0.800. The van der Waals surface area contributed by atoms with Crippen molar-refractivity contribution in [1.29, 1.82) is 0 Å². The van der Waals surface area contributed by atoms with Gasteiger partial charge in [0.1, 0.15) is 19.3 Å². The zero-order valence-electron chi connectivity index (χ0n) is 9.73. The fourth-order valence-corrected chi connectivity index (χ4v) is 3.58. The summed E-state index contributed by atoms with van der Waals surface area (Å²) in [6, 6.07) is 7.24. The number of aliphatic hydroxyl groups is 1. The van der Waals surface area contributed by atoms with Crippen molar-refractivity contribution in [2.45, 2.75) is 6.10 Å². The molecule has 0 aliphatic carbocycles. The molecule has 0 spiro atoms. The van der Waals surface area contributed by atoms with Crippen LogP contribution in [0, 0.1) is 0 Å². The van der Waals surface area contributed by atoms with Crippen LogP contribution in [0.5, 0.6) is 11.5 Å². The topological polar surface area (TPSA) is 38.7 Å². The van der Waals surface area contributed by atoms with E-state index >= 15 is 0 Å². The first-order valence-corrected chi connectivity index (χ1v) is 7.66. The number of hydrogen-bond donors (Lipinski definition) is 1. The molecule has 6 heteroatoms. The van der Waals surface area contributed by atoms with Gasteiger partial charge in [-0.05, 0) is 45.8 Å². The van der Waals surface area contributed by atoms with Crippen LogP contribution < -0.4 is 9.47 Å². The molecule has 2 aromatic rings. The summed E-state index contributed by atoms with van der Waals surface area (Å²) in [5, 5.41) is 10.4. The first-order valence-electron chi connectivity index (χ1n) is 5.67. The normalized spacial score (nSPS) is 15.3. The third-order valence-corrected chi connectivity index (χ3v) is 4.67. The van der Waals surface area contributed by atoms with Crippen molar-refractivity contribution >= 4 is 38.9 Å². The molecule has 0 amide bonds. The third-order valence-electron chi connectivity index (χ3n) is 2.80. The Balaban J connectivity index is 1.99. The molecule has 1 aliphatic rings. The average Bonchev–Trinajstić information content (AvgIpc) is 2.84. The summed E-state index contributed by atoms with van der Waals surface area (Å²) in [6.07, 6.45) is -0.718. The number of fused-ring (bicyclic) bond motifs is 1. The Bertz CT molecular complexity index is 614. The van der Waals surface area contributed by atoms with Gasteiger partial charge in [-0.3, -0.25) is 0 Å². The number of hydrogen-bond acceptors (Lipinski definition) is 4. The molecule has 0 saturated heterocycles. The van der Waals surface area contributed by atoms with E-state index in [0.717, 1.165) is 14.9 Å². The predicted molar refractivity (Wildman–Crippen MR) is 78.5 cm³/mol. The van der Waals surface area contributed by atoms with E-state index in [2.05, 4.69) is 15.9 Å². The Labute approximate surface area is 127 Å². The predicted octanol–water partition coefficient (Wildman–Crippen LogP) is 4.02. The average molecular weight is 362 g/mol. The van der Waals surface area contributed by atoms with Gasteiger partial charge in [0.15, 0.2) is 11.5 Å². The van der Waals surface area contributed by atoms with Crippen LogP contribution in [0.15, 0.2) is 28.7 Å². The maximum atomic E-state index is 10.4. The largest absolute Gasteiger partial charge is 0.486 e. The summed E-state index contributed by atoms with van der Waals surface area (Å²) in [7, 11) is 0. The van der Waals surface area contributed by atoms with Crippen molar-refractivity contribution < 1.29 is 14.6 Å². The molecule has 1 atom stereocenters. The second kappa shape index (κ2) is 5.32. The lowest BCUT2D eigenvalue weighted by Gasteiger charge is -2.21. The quantitative estimate of drug-likeness (QED) is 0.878. The van der Waals surface area contributed by atoms with Gasteiger partial charge in [-0.1, -0.05) is 11.6 Å². The Morgan fingerprint density at radius 2 is 2.05 bits per heavy atom. The number of thiophene rings is 1. The maximum absolute atomic E-state index is 10.4. The summed E-state index contributed by atoms with van der Waals surface area (Å²) < 4.78 is 12.5. The molecule has 3 rings (SSSR count). The van der Waals surface area contributed by atoms with Crippen molar-refractivity contribution in [2.24, 2.45) is 0 Å². The molecule has 0 radical (unpaired) electrons. The van der Waals surface area contributed by atoms with Crippen molar-refractivity contribution in [2.75, 3.05) is 13.2 Å². The van der Waals surface area contributed by atoms with Crippen LogP contribution in [0.1, 0.15) is 16.5 Å². The molecule has 3 nitrogen and oxygen atoms in total. The van der Waals surface area contributed by atoms with Crippen molar-refractivity contribution in [3.8, 4) is 11.5 Å². The fourth-order valence-electron chi connectivity index (χ4n) is 1.93. The summed E-state index contributed by atoms with van der Waals surface area (Å²) in [5.74, 6) is 1.34. The standard InChI is InChI=1S/C13H10BrClO3S/c14-8-5-7(6-9-13(8)18-4-3-17-9)12(16)10-1-2-11(15)19-10/h1-2,5-6,12,16H,3-4H2. The fraction of sp³-hybridized carbons (Fsp3) is 0.231. The lowest BCUT2D eigenvalue weighted by molar-refractivity contribution is 0.168. The molecule has 100 valence electrons. The first kappa shape index (κ1) is 13.2. The minimum Gasteiger partial charge on any atom is -0.486 e. The molecule has 0 saturated carbocycles. The van der Waals surface area contributed by atoms with E-state index in [1.807, 2.05) is 12.1 Å². The van der Waals surface area contributed by atoms with Gasteiger partial charge in [0.05, 0.1) is 8.81 Å². The monoisotopic (exact) mass is 360 g/mol. The molecule has 0 fully saturated rings. The van der Waals surface area contributed by atoms with Gasteiger partial charge < -0.3 is 14.6 Å². The number of ether oxygens (including phenoxy) is 2. The zero-order chi connectivity index (χ0) is 13.4. The Morgan fingerprint density at radius 1 is 1.26 bits per heavy atom. The molecule has 1 aromatic carbocycles. The van der Waals surface area contributed by atoms with Gasteiger partial charge in [0, 0.05) is 4.88 Å². The SMILES string of the molecule is OC(c1cc(Br)c2c(c1)OCCO2)c1ccc(Cl)s1. The highest BCUT2D eigenvalue weighted by Crippen LogP contribution is 2.41.